The van der Waals surface area contributed by atoms with Crippen LogP contribution in [0.15, 0.2) is 22.7 Å². The number of hydrogen-bond acceptors (Lipinski definition) is 1. The Morgan fingerprint density at radius 3 is 2.85 bits per heavy atom. The van der Waals surface area contributed by atoms with Crippen molar-refractivity contribution >= 4 is 22.0 Å². The van der Waals surface area contributed by atoms with Crippen LogP contribution in [0.25, 0.3) is 0 Å². The van der Waals surface area contributed by atoms with Crippen LogP contribution in [0.3, 0.4) is 0 Å². The summed E-state index contributed by atoms with van der Waals surface area (Å²) in [6.45, 7) is 2.30. The first-order valence-corrected chi connectivity index (χ1v) is 4.60. The number of halogens is 1. The molecular formula is C9H10BrNO2. The fourth-order valence-corrected chi connectivity index (χ4v) is 1.50. The van der Waals surface area contributed by atoms with Crippen molar-refractivity contribution in [3.63, 3.8) is 0 Å². The van der Waals surface area contributed by atoms with E-state index in [0.717, 1.165) is 15.6 Å². The van der Waals surface area contributed by atoms with Gasteiger partial charge in [0, 0.05) is 11.0 Å². The molecule has 0 spiro atoms. The van der Waals surface area contributed by atoms with E-state index >= 15 is 0 Å². The molecule has 0 unspecified atom stereocenters. The lowest BCUT2D eigenvalue weighted by molar-refractivity contribution is 0.194. The fourth-order valence-electron chi connectivity index (χ4n) is 1.03. The number of carboxylic acid groups (broad SMARTS) is 1. The van der Waals surface area contributed by atoms with Gasteiger partial charge in [0.05, 0.1) is 0 Å². The Labute approximate surface area is 84.9 Å². The first-order valence-electron chi connectivity index (χ1n) is 3.81. The molecule has 0 aliphatic heterocycles. The third-order valence-corrected chi connectivity index (χ3v) is 2.23. The van der Waals surface area contributed by atoms with Crippen LogP contribution < -0.4 is 5.32 Å². The van der Waals surface area contributed by atoms with E-state index in [1.165, 1.54) is 0 Å². The van der Waals surface area contributed by atoms with Crippen molar-refractivity contribution in [3.05, 3.63) is 33.8 Å². The number of amides is 1. The maximum absolute atomic E-state index is 10.2. The summed E-state index contributed by atoms with van der Waals surface area (Å²) in [6.07, 6.45) is -0.998. The second-order valence-corrected chi connectivity index (χ2v) is 3.65. The molecule has 2 N–H and O–H groups in total. The summed E-state index contributed by atoms with van der Waals surface area (Å²) >= 11 is 3.34. The van der Waals surface area contributed by atoms with E-state index < -0.39 is 6.09 Å². The van der Waals surface area contributed by atoms with E-state index in [-0.39, 0.29) is 0 Å². The summed E-state index contributed by atoms with van der Waals surface area (Å²) < 4.78 is 1.00. The highest BCUT2D eigenvalue weighted by molar-refractivity contribution is 9.10. The molecule has 0 saturated carbocycles. The van der Waals surface area contributed by atoms with Crippen molar-refractivity contribution in [2.24, 2.45) is 0 Å². The Hall–Kier alpha value is -1.03. The lowest BCUT2D eigenvalue weighted by atomic mass is 10.1. The zero-order valence-electron chi connectivity index (χ0n) is 7.17. The molecule has 0 atom stereocenters. The Morgan fingerprint density at radius 1 is 1.62 bits per heavy atom. The van der Waals surface area contributed by atoms with E-state index in [1.54, 1.807) is 0 Å². The van der Waals surface area contributed by atoms with E-state index in [9.17, 15) is 4.79 Å². The molecule has 1 aromatic rings. The third-order valence-electron chi connectivity index (χ3n) is 1.73. The first kappa shape index (κ1) is 10.1. The summed E-state index contributed by atoms with van der Waals surface area (Å²) in [5, 5.41) is 10.7. The molecule has 13 heavy (non-hydrogen) atoms. The Bertz CT molecular complexity index is 325. The maximum Gasteiger partial charge on any atom is 0.404 e. The Balaban J connectivity index is 2.72. The van der Waals surface area contributed by atoms with Crippen LogP contribution in [0.2, 0.25) is 0 Å². The second-order valence-electron chi connectivity index (χ2n) is 2.73. The predicted octanol–water partition coefficient (Wildman–Crippen LogP) is 2.53. The highest BCUT2D eigenvalue weighted by atomic mass is 79.9. The van der Waals surface area contributed by atoms with Crippen LogP contribution >= 0.6 is 15.9 Å². The molecule has 70 valence electrons. The van der Waals surface area contributed by atoms with E-state index in [2.05, 4.69) is 21.2 Å². The summed E-state index contributed by atoms with van der Waals surface area (Å²) in [6, 6.07) is 5.75. The van der Waals surface area contributed by atoms with Gasteiger partial charge < -0.3 is 10.4 Å². The molecule has 0 fully saturated rings. The van der Waals surface area contributed by atoms with Gasteiger partial charge in [-0.3, -0.25) is 0 Å². The average Bonchev–Trinajstić information content (AvgIpc) is 2.02. The zero-order chi connectivity index (χ0) is 9.84. The topological polar surface area (TPSA) is 49.3 Å². The van der Waals surface area contributed by atoms with E-state index in [1.807, 2.05) is 25.1 Å². The number of aryl methyl sites for hydroxylation is 1. The molecule has 0 aliphatic rings. The quantitative estimate of drug-likeness (QED) is 0.839. The Morgan fingerprint density at radius 2 is 2.31 bits per heavy atom. The van der Waals surface area contributed by atoms with E-state index in [0.29, 0.717) is 6.54 Å². The standard InChI is InChI=1S/C9H10BrNO2/c1-6-4-8(10)3-2-7(6)5-11-9(12)13/h2-4,11H,5H2,1H3,(H,12,13). The lowest BCUT2D eigenvalue weighted by Crippen LogP contribution is -2.20. The molecule has 0 heterocycles. The molecule has 3 nitrogen and oxygen atoms in total. The number of carbonyl (C=O) groups is 1. The number of rotatable bonds is 2. The minimum absolute atomic E-state index is 0.356. The molecule has 0 aromatic heterocycles. The van der Waals surface area contributed by atoms with Gasteiger partial charge in [-0.1, -0.05) is 22.0 Å². The molecule has 0 radical (unpaired) electrons. The minimum atomic E-state index is -0.998. The van der Waals surface area contributed by atoms with Crippen LogP contribution in [0.1, 0.15) is 11.1 Å². The highest BCUT2D eigenvalue weighted by Gasteiger charge is 2.00. The zero-order valence-corrected chi connectivity index (χ0v) is 8.76. The summed E-state index contributed by atoms with van der Waals surface area (Å²) in [5.74, 6) is 0. The van der Waals surface area contributed by atoms with Crippen molar-refractivity contribution in [2.75, 3.05) is 0 Å². The van der Waals surface area contributed by atoms with Gasteiger partial charge in [-0.15, -0.1) is 0 Å². The van der Waals surface area contributed by atoms with Crippen molar-refractivity contribution in [1.29, 1.82) is 0 Å². The molecule has 0 aliphatic carbocycles. The molecule has 4 heteroatoms. The smallest absolute Gasteiger partial charge is 0.404 e. The minimum Gasteiger partial charge on any atom is -0.465 e. The van der Waals surface area contributed by atoms with Crippen molar-refractivity contribution in [3.8, 4) is 0 Å². The van der Waals surface area contributed by atoms with Gasteiger partial charge in [0.1, 0.15) is 0 Å². The van der Waals surface area contributed by atoms with Gasteiger partial charge in [-0.25, -0.2) is 4.79 Å². The molecular weight excluding hydrogens is 234 g/mol. The van der Waals surface area contributed by atoms with Crippen LogP contribution in [0, 0.1) is 6.92 Å². The number of nitrogens with one attached hydrogen (secondary N) is 1. The van der Waals surface area contributed by atoms with Crippen molar-refractivity contribution < 1.29 is 9.90 Å². The molecule has 1 aromatic carbocycles. The van der Waals surface area contributed by atoms with Gasteiger partial charge >= 0.3 is 6.09 Å². The average molecular weight is 244 g/mol. The fraction of sp³-hybridized carbons (Fsp3) is 0.222. The Kier molecular flexibility index (Phi) is 3.31. The summed E-state index contributed by atoms with van der Waals surface area (Å²) in [7, 11) is 0. The van der Waals surface area contributed by atoms with Crippen LogP contribution in [-0.4, -0.2) is 11.2 Å². The van der Waals surface area contributed by atoms with Crippen LogP contribution in [0.4, 0.5) is 4.79 Å². The molecule has 1 amide bonds. The SMILES string of the molecule is Cc1cc(Br)ccc1CNC(=O)O. The predicted molar refractivity (Wildman–Crippen MR) is 53.7 cm³/mol. The number of hydrogen-bond donors (Lipinski definition) is 2. The van der Waals surface area contributed by atoms with Gasteiger partial charge in [0.15, 0.2) is 0 Å². The largest absolute Gasteiger partial charge is 0.465 e. The van der Waals surface area contributed by atoms with Gasteiger partial charge in [0.2, 0.25) is 0 Å². The highest BCUT2D eigenvalue weighted by Crippen LogP contribution is 2.15. The van der Waals surface area contributed by atoms with Crippen molar-refractivity contribution in [1.82, 2.24) is 5.32 Å². The van der Waals surface area contributed by atoms with Gasteiger partial charge in [-0.05, 0) is 30.2 Å². The van der Waals surface area contributed by atoms with Gasteiger partial charge in [0.25, 0.3) is 0 Å². The van der Waals surface area contributed by atoms with Crippen LogP contribution in [-0.2, 0) is 6.54 Å². The first-order chi connectivity index (χ1) is 6.09. The third kappa shape index (κ3) is 3.06. The molecule has 1 rings (SSSR count). The summed E-state index contributed by atoms with van der Waals surface area (Å²) in [5.41, 5.74) is 2.06. The van der Waals surface area contributed by atoms with Crippen molar-refractivity contribution in [2.45, 2.75) is 13.5 Å². The van der Waals surface area contributed by atoms with Crippen LogP contribution in [0.5, 0.6) is 0 Å². The number of benzene rings is 1. The van der Waals surface area contributed by atoms with E-state index in [4.69, 9.17) is 5.11 Å². The summed E-state index contributed by atoms with van der Waals surface area (Å²) in [4.78, 5) is 10.2. The molecule has 0 bridgehead atoms. The molecule has 0 saturated heterocycles. The lowest BCUT2D eigenvalue weighted by Gasteiger charge is -2.05. The monoisotopic (exact) mass is 243 g/mol. The maximum atomic E-state index is 10.2. The normalized spacial score (nSPS) is 9.69. The van der Waals surface area contributed by atoms with Gasteiger partial charge in [-0.2, -0.15) is 0 Å². The second kappa shape index (κ2) is 4.28.